The molecule has 0 saturated carbocycles. The van der Waals surface area contributed by atoms with E-state index in [4.69, 9.17) is 9.56 Å². The largest absolute Gasteiger partial charge is 0.459 e. The third-order valence-electron chi connectivity index (χ3n) is 2.80. The van der Waals surface area contributed by atoms with Gasteiger partial charge in [0.2, 0.25) is 10.0 Å². The van der Waals surface area contributed by atoms with Crippen molar-refractivity contribution in [3.05, 3.63) is 54.0 Å². The van der Waals surface area contributed by atoms with Crippen LogP contribution in [0.5, 0.6) is 0 Å². The zero-order valence-corrected chi connectivity index (χ0v) is 11.6. The van der Waals surface area contributed by atoms with Gasteiger partial charge in [0.15, 0.2) is 5.76 Å². The molecule has 2 rings (SSSR count). The summed E-state index contributed by atoms with van der Waals surface area (Å²) in [6, 6.07) is 8.91. The van der Waals surface area contributed by atoms with Crippen molar-refractivity contribution in [2.45, 2.75) is 17.9 Å². The highest BCUT2D eigenvalue weighted by Gasteiger charge is 2.14. The summed E-state index contributed by atoms with van der Waals surface area (Å²) in [6.45, 7) is 1.78. The fourth-order valence-electron chi connectivity index (χ4n) is 1.71. The van der Waals surface area contributed by atoms with Crippen LogP contribution in [0.25, 0.3) is 0 Å². The molecule has 0 aliphatic rings. The van der Waals surface area contributed by atoms with Crippen LogP contribution >= 0.6 is 0 Å². The zero-order chi connectivity index (χ0) is 14.8. The van der Waals surface area contributed by atoms with E-state index < -0.39 is 10.0 Å². The summed E-state index contributed by atoms with van der Waals surface area (Å²) in [6.07, 6.45) is 1.42. The van der Waals surface area contributed by atoms with E-state index in [0.29, 0.717) is 0 Å². The first-order valence-corrected chi connectivity index (χ1v) is 7.39. The second kappa shape index (κ2) is 5.48. The minimum absolute atomic E-state index is 0.0332. The molecule has 0 saturated heterocycles. The van der Waals surface area contributed by atoms with Gasteiger partial charge in [0.25, 0.3) is 5.91 Å². The Morgan fingerprint density at radius 1 is 1.25 bits per heavy atom. The number of sulfonamides is 1. The average molecular weight is 294 g/mol. The third kappa shape index (κ3) is 3.25. The molecule has 0 fully saturated rings. The van der Waals surface area contributed by atoms with Gasteiger partial charge in [0.05, 0.1) is 17.2 Å². The van der Waals surface area contributed by atoms with Crippen LogP contribution < -0.4 is 10.5 Å². The normalized spacial score (nSPS) is 12.9. The lowest BCUT2D eigenvalue weighted by Crippen LogP contribution is -2.26. The fraction of sp³-hybridized carbons (Fsp3) is 0.154. The molecule has 20 heavy (non-hydrogen) atoms. The van der Waals surface area contributed by atoms with Crippen molar-refractivity contribution in [1.29, 1.82) is 0 Å². The smallest absolute Gasteiger partial charge is 0.287 e. The quantitative estimate of drug-likeness (QED) is 0.890. The maximum absolute atomic E-state index is 11.8. The van der Waals surface area contributed by atoms with Gasteiger partial charge in [-0.15, -0.1) is 0 Å². The van der Waals surface area contributed by atoms with Crippen LogP contribution in [0.2, 0.25) is 0 Å². The Bertz CT molecular complexity index is 690. The van der Waals surface area contributed by atoms with E-state index in [0.717, 1.165) is 5.56 Å². The van der Waals surface area contributed by atoms with E-state index in [-0.39, 0.29) is 22.6 Å². The van der Waals surface area contributed by atoms with Crippen LogP contribution in [-0.2, 0) is 10.0 Å². The van der Waals surface area contributed by atoms with E-state index in [2.05, 4.69) is 5.32 Å². The number of nitrogens with one attached hydrogen (secondary N) is 1. The first kappa shape index (κ1) is 14.3. The van der Waals surface area contributed by atoms with Gasteiger partial charge in [-0.2, -0.15) is 0 Å². The van der Waals surface area contributed by atoms with Gasteiger partial charge in [0.1, 0.15) is 0 Å². The van der Waals surface area contributed by atoms with E-state index in [1.807, 2.05) is 0 Å². The summed E-state index contributed by atoms with van der Waals surface area (Å²) in [5.41, 5.74) is 0.761. The highest BCUT2D eigenvalue weighted by Crippen LogP contribution is 2.16. The predicted octanol–water partition coefficient (Wildman–Crippen LogP) is 1.42. The lowest BCUT2D eigenvalue weighted by Gasteiger charge is -2.13. The number of benzene rings is 1. The molecule has 2 aromatic rings. The fourth-order valence-corrected chi connectivity index (χ4v) is 2.22. The van der Waals surface area contributed by atoms with Crippen LogP contribution in [0.15, 0.2) is 52.0 Å². The molecule has 1 unspecified atom stereocenters. The molecule has 106 valence electrons. The molecule has 0 bridgehead atoms. The minimum atomic E-state index is -3.71. The molecular weight excluding hydrogens is 280 g/mol. The van der Waals surface area contributed by atoms with Crippen molar-refractivity contribution in [3.63, 3.8) is 0 Å². The first-order chi connectivity index (χ1) is 9.38. The molecule has 1 aromatic carbocycles. The van der Waals surface area contributed by atoms with Gasteiger partial charge in [-0.3, -0.25) is 4.79 Å². The van der Waals surface area contributed by atoms with Crippen LogP contribution in [0.4, 0.5) is 0 Å². The lowest BCUT2D eigenvalue weighted by molar-refractivity contribution is 0.0912. The molecule has 0 aliphatic heterocycles. The number of hydrogen-bond acceptors (Lipinski definition) is 4. The number of rotatable bonds is 4. The Balaban J connectivity index is 2.10. The van der Waals surface area contributed by atoms with Crippen LogP contribution in [-0.4, -0.2) is 14.3 Å². The molecule has 1 amide bonds. The molecule has 6 nitrogen and oxygen atoms in total. The van der Waals surface area contributed by atoms with Gasteiger partial charge in [-0.25, -0.2) is 13.6 Å². The second-order valence-electron chi connectivity index (χ2n) is 4.29. The van der Waals surface area contributed by atoms with E-state index in [1.165, 1.54) is 18.4 Å². The van der Waals surface area contributed by atoms with Crippen molar-refractivity contribution < 1.29 is 17.6 Å². The van der Waals surface area contributed by atoms with Crippen LogP contribution in [0.1, 0.15) is 29.1 Å². The number of hydrogen-bond donors (Lipinski definition) is 2. The average Bonchev–Trinajstić information content (AvgIpc) is 2.91. The van der Waals surface area contributed by atoms with Crippen molar-refractivity contribution in [2.24, 2.45) is 5.14 Å². The highest BCUT2D eigenvalue weighted by molar-refractivity contribution is 7.89. The first-order valence-electron chi connectivity index (χ1n) is 5.85. The minimum Gasteiger partial charge on any atom is -0.459 e. The summed E-state index contributed by atoms with van der Waals surface area (Å²) in [5.74, 6) is -0.115. The molecule has 7 heteroatoms. The monoisotopic (exact) mass is 294 g/mol. The predicted molar refractivity (Wildman–Crippen MR) is 72.4 cm³/mol. The summed E-state index contributed by atoms with van der Waals surface area (Å²) < 4.78 is 27.3. The number of amides is 1. The standard InChI is InChI=1S/C13H14N2O4S/c1-9(15-13(16)12-3-2-8-19-12)10-4-6-11(7-5-10)20(14,17)18/h2-9H,1H3,(H,15,16)(H2,14,17,18). The molecule has 0 spiro atoms. The van der Waals surface area contributed by atoms with E-state index in [1.54, 1.807) is 31.2 Å². The third-order valence-corrected chi connectivity index (χ3v) is 3.73. The Kier molecular flexibility index (Phi) is 3.91. The van der Waals surface area contributed by atoms with Crippen molar-refractivity contribution in [2.75, 3.05) is 0 Å². The Morgan fingerprint density at radius 3 is 2.40 bits per heavy atom. The zero-order valence-electron chi connectivity index (χ0n) is 10.7. The van der Waals surface area contributed by atoms with E-state index in [9.17, 15) is 13.2 Å². The van der Waals surface area contributed by atoms with E-state index >= 15 is 0 Å². The SMILES string of the molecule is CC(NC(=O)c1ccco1)c1ccc(S(N)(=O)=O)cc1. The van der Waals surface area contributed by atoms with Crippen LogP contribution in [0, 0.1) is 0 Å². The maximum Gasteiger partial charge on any atom is 0.287 e. The summed E-state index contributed by atoms with van der Waals surface area (Å²) in [7, 11) is -3.71. The van der Waals surface area contributed by atoms with Crippen molar-refractivity contribution in [3.8, 4) is 0 Å². The number of carbonyl (C=O) groups excluding carboxylic acids is 1. The van der Waals surface area contributed by atoms with Gasteiger partial charge in [-0.05, 0) is 36.8 Å². The van der Waals surface area contributed by atoms with Crippen molar-refractivity contribution in [1.82, 2.24) is 5.32 Å². The van der Waals surface area contributed by atoms with Gasteiger partial charge in [0, 0.05) is 0 Å². The van der Waals surface area contributed by atoms with Crippen molar-refractivity contribution >= 4 is 15.9 Å². The van der Waals surface area contributed by atoms with Gasteiger partial charge < -0.3 is 9.73 Å². The Labute approximate surface area is 116 Å². The number of furan rings is 1. The molecule has 3 N–H and O–H groups in total. The number of primary sulfonamides is 1. The number of nitrogens with two attached hydrogens (primary N) is 1. The van der Waals surface area contributed by atoms with Crippen LogP contribution in [0.3, 0.4) is 0 Å². The lowest BCUT2D eigenvalue weighted by atomic mass is 10.1. The molecule has 1 atom stereocenters. The summed E-state index contributed by atoms with van der Waals surface area (Å²) >= 11 is 0. The highest BCUT2D eigenvalue weighted by atomic mass is 32.2. The van der Waals surface area contributed by atoms with Gasteiger partial charge in [-0.1, -0.05) is 12.1 Å². The molecule has 1 heterocycles. The Hall–Kier alpha value is -2.12. The summed E-state index contributed by atoms with van der Waals surface area (Å²) in [5, 5.41) is 7.76. The molecule has 0 aliphatic carbocycles. The molecular formula is C13H14N2O4S. The molecule has 1 aromatic heterocycles. The second-order valence-corrected chi connectivity index (χ2v) is 5.85. The number of carbonyl (C=O) groups is 1. The maximum atomic E-state index is 11.8. The summed E-state index contributed by atoms with van der Waals surface area (Å²) in [4.78, 5) is 11.8. The Morgan fingerprint density at radius 2 is 1.90 bits per heavy atom. The topological polar surface area (TPSA) is 102 Å². The van der Waals surface area contributed by atoms with Gasteiger partial charge >= 0.3 is 0 Å². The molecule has 0 radical (unpaired) electrons.